The number of benzene rings is 1. The highest BCUT2D eigenvalue weighted by Gasteiger charge is 2.05. The Morgan fingerprint density at radius 2 is 2.00 bits per heavy atom. The lowest BCUT2D eigenvalue weighted by atomic mass is 10.4. The van der Waals surface area contributed by atoms with Crippen LogP contribution >= 0.6 is 23.4 Å². The van der Waals surface area contributed by atoms with Gasteiger partial charge in [0, 0.05) is 15.7 Å². The number of carbonyl (C=O) groups is 1. The van der Waals surface area contributed by atoms with Crippen molar-refractivity contribution >= 4 is 29.3 Å². The van der Waals surface area contributed by atoms with Gasteiger partial charge in [0.05, 0.1) is 12.5 Å². The molecule has 88 valence electrons. The molecule has 2 nitrogen and oxygen atoms in total. The topological polar surface area (TPSA) is 26.3 Å². The molecule has 16 heavy (non-hydrogen) atoms. The highest BCUT2D eigenvalue weighted by Crippen LogP contribution is 2.21. The van der Waals surface area contributed by atoms with E-state index >= 15 is 0 Å². The summed E-state index contributed by atoms with van der Waals surface area (Å²) in [5, 5.41) is 0.726. The minimum Gasteiger partial charge on any atom is -0.463 e. The Kier molecular flexibility index (Phi) is 5.71. The minimum absolute atomic E-state index is 0.0342. The molecule has 0 aliphatic rings. The monoisotopic (exact) mass is 258 g/mol. The molecule has 0 atom stereocenters. The quantitative estimate of drug-likeness (QED) is 0.594. The molecule has 0 fully saturated rings. The number of thioether (sulfide) groups is 1. The Bertz CT molecular complexity index is 335. The van der Waals surface area contributed by atoms with E-state index in [2.05, 4.69) is 0 Å². The maximum absolute atomic E-state index is 11.2. The average Bonchev–Trinajstić information content (AvgIpc) is 2.20. The Hall–Kier alpha value is -0.670. The van der Waals surface area contributed by atoms with E-state index in [1.165, 1.54) is 0 Å². The first-order valence-electron chi connectivity index (χ1n) is 5.16. The van der Waals surface area contributed by atoms with Crippen LogP contribution in [0.1, 0.15) is 20.3 Å². The third kappa shape index (κ3) is 5.42. The molecule has 0 radical (unpaired) electrons. The van der Waals surface area contributed by atoms with Crippen LogP contribution in [0.2, 0.25) is 5.02 Å². The van der Waals surface area contributed by atoms with Crippen LogP contribution in [-0.4, -0.2) is 17.8 Å². The van der Waals surface area contributed by atoms with Gasteiger partial charge in [0.2, 0.25) is 0 Å². The first kappa shape index (κ1) is 13.4. The summed E-state index contributed by atoms with van der Waals surface area (Å²) in [4.78, 5) is 12.4. The number of halogens is 1. The van der Waals surface area contributed by atoms with Gasteiger partial charge in [-0.05, 0) is 38.1 Å². The number of hydrogen-bond acceptors (Lipinski definition) is 3. The molecule has 0 aliphatic carbocycles. The number of hydrogen-bond donors (Lipinski definition) is 0. The molecule has 0 aliphatic heterocycles. The molecule has 0 saturated heterocycles. The van der Waals surface area contributed by atoms with Crippen LogP contribution in [0, 0.1) is 0 Å². The fraction of sp³-hybridized carbons (Fsp3) is 0.417. The molecule has 0 N–H and O–H groups in total. The van der Waals surface area contributed by atoms with Gasteiger partial charge in [-0.15, -0.1) is 11.8 Å². The SMILES string of the molecule is CC(C)OC(=O)CCSc1ccc(Cl)cc1. The van der Waals surface area contributed by atoms with Crippen LogP contribution in [0.5, 0.6) is 0 Å². The lowest BCUT2D eigenvalue weighted by molar-refractivity contribution is -0.146. The number of rotatable bonds is 5. The fourth-order valence-electron chi connectivity index (χ4n) is 1.10. The van der Waals surface area contributed by atoms with E-state index in [1.807, 2.05) is 38.1 Å². The largest absolute Gasteiger partial charge is 0.463 e. The molecule has 4 heteroatoms. The van der Waals surface area contributed by atoms with Crippen molar-refractivity contribution in [2.75, 3.05) is 5.75 Å². The smallest absolute Gasteiger partial charge is 0.306 e. The van der Waals surface area contributed by atoms with Gasteiger partial charge in [0.25, 0.3) is 0 Å². The Balaban J connectivity index is 2.25. The standard InChI is InChI=1S/C12H15ClO2S/c1-9(2)15-12(14)7-8-16-11-5-3-10(13)4-6-11/h3-6,9H,7-8H2,1-2H3. The predicted molar refractivity (Wildman–Crippen MR) is 68.0 cm³/mol. The number of carbonyl (C=O) groups excluding carboxylic acids is 1. The zero-order chi connectivity index (χ0) is 12.0. The Morgan fingerprint density at radius 1 is 1.38 bits per heavy atom. The number of esters is 1. The lowest BCUT2D eigenvalue weighted by Crippen LogP contribution is -2.11. The zero-order valence-corrected chi connectivity index (χ0v) is 11.0. The van der Waals surface area contributed by atoms with Gasteiger partial charge >= 0.3 is 5.97 Å². The van der Waals surface area contributed by atoms with Gasteiger partial charge < -0.3 is 4.74 Å². The molecule has 0 saturated carbocycles. The average molecular weight is 259 g/mol. The van der Waals surface area contributed by atoms with E-state index in [0.717, 1.165) is 15.7 Å². The van der Waals surface area contributed by atoms with Crippen molar-refractivity contribution in [2.24, 2.45) is 0 Å². The summed E-state index contributed by atoms with van der Waals surface area (Å²) in [6.45, 7) is 3.70. The van der Waals surface area contributed by atoms with E-state index in [9.17, 15) is 4.79 Å². The normalized spacial score (nSPS) is 10.5. The summed E-state index contributed by atoms with van der Waals surface area (Å²) in [7, 11) is 0. The first-order valence-corrected chi connectivity index (χ1v) is 6.52. The van der Waals surface area contributed by atoms with Crippen LogP contribution in [0.3, 0.4) is 0 Å². The second kappa shape index (κ2) is 6.81. The van der Waals surface area contributed by atoms with Crippen LogP contribution in [0.25, 0.3) is 0 Å². The zero-order valence-electron chi connectivity index (χ0n) is 9.40. The van der Waals surface area contributed by atoms with E-state index in [1.54, 1.807) is 11.8 Å². The lowest BCUT2D eigenvalue weighted by Gasteiger charge is -2.07. The molecule has 0 heterocycles. The van der Waals surface area contributed by atoms with Gasteiger partial charge in [-0.1, -0.05) is 11.6 Å². The predicted octanol–water partition coefficient (Wildman–Crippen LogP) is 3.77. The van der Waals surface area contributed by atoms with Gasteiger partial charge in [0.15, 0.2) is 0 Å². The summed E-state index contributed by atoms with van der Waals surface area (Å²) < 4.78 is 5.03. The molecule has 1 rings (SSSR count). The van der Waals surface area contributed by atoms with Crippen LogP contribution in [0.4, 0.5) is 0 Å². The highest BCUT2D eigenvalue weighted by atomic mass is 35.5. The van der Waals surface area contributed by atoms with Crippen molar-refractivity contribution < 1.29 is 9.53 Å². The number of ether oxygens (including phenoxy) is 1. The highest BCUT2D eigenvalue weighted by molar-refractivity contribution is 7.99. The second-order valence-corrected chi connectivity index (χ2v) is 5.20. The molecule has 0 bridgehead atoms. The summed E-state index contributed by atoms with van der Waals surface area (Å²) in [5.74, 6) is 0.587. The third-order valence-corrected chi connectivity index (χ3v) is 3.02. The molecule has 0 unspecified atom stereocenters. The van der Waals surface area contributed by atoms with E-state index in [-0.39, 0.29) is 12.1 Å². The van der Waals surface area contributed by atoms with Gasteiger partial charge in [-0.3, -0.25) is 4.79 Å². The Labute approximate surface area is 105 Å². The summed E-state index contributed by atoms with van der Waals surface area (Å²) in [5.41, 5.74) is 0. The minimum atomic E-state index is -0.142. The molecule has 0 aromatic heterocycles. The van der Waals surface area contributed by atoms with Crippen LogP contribution in [-0.2, 0) is 9.53 Å². The van der Waals surface area contributed by atoms with E-state index < -0.39 is 0 Å². The summed E-state index contributed by atoms with van der Waals surface area (Å²) in [6, 6.07) is 7.58. The first-order chi connectivity index (χ1) is 7.58. The van der Waals surface area contributed by atoms with Crippen molar-refractivity contribution in [3.05, 3.63) is 29.3 Å². The van der Waals surface area contributed by atoms with Crippen molar-refractivity contribution in [1.29, 1.82) is 0 Å². The fourth-order valence-corrected chi connectivity index (χ4v) is 2.06. The van der Waals surface area contributed by atoms with Crippen molar-refractivity contribution in [3.63, 3.8) is 0 Å². The van der Waals surface area contributed by atoms with Crippen LogP contribution < -0.4 is 0 Å². The maximum atomic E-state index is 11.2. The second-order valence-electron chi connectivity index (χ2n) is 3.59. The van der Waals surface area contributed by atoms with Crippen LogP contribution in [0.15, 0.2) is 29.2 Å². The summed E-state index contributed by atoms with van der Waals surface area (Å²) >= 11 is 7.40. The van der Waals surface area contributed by atoms with Gasteiger partial charge in [0.1, 0.15) is 0 Å². The van der Waals surface area contributed by atoms with Gasteiger partial charge in [-0.2, -0.15) is 0 Å². The summed E-state index contributed by atoms with van der Waals surface area (Å²) in [6.07, 6.45) is 0.402. The van der Waals surface area contributed by atoms with Gasteiger partial charge in [-0.25, -0.2) is 0 Å². The molecule has 1 aromatic rings. The van der Waals surface area contributed by atoms with E-state index in [0.29, 0.717) is 6.42 Å². The molecular weight excluding hydrogens is 244 g/mol. The molecular formula is C12H15ClO2S. The van der Waals surface area contributed by atoms with Crippen molar-refractivity contribution in [2.45, 2.75) is 31.3 Å². The van der Waals surface area contributed by atoms with Crippen molar-refractivity contribution in [1.82, 2.24) is 0 Å². The van der Waals surface area contributed by atoms with Crippen molar-refractivity contribution in [3.8, 4) is 0 Å². The molecule has 1 aromatic carbocycles. The third-order valence-electron chi connectivity index (χ3n) is 1.76. The maximum Gasteiger partial charge on any atom is 0.306 e. The molecule has 0 spiro atoms. The van der Waals surface area contributed by atoms with E-state index in [4.69, 9.17) is 16.3 Å². The molecule has 0 amide bonds. The Morgan fingerprint density at radius 3 is 2.56 bits per heavy atom.